The van der Waals surface area contributed by atoms with Gasteiger partial charge in [-0.15, -0.1) is 12.4 Å². The number of benzene rings is 1. The number of piperazine rings is 1. The van der Waals surface area contributed by atoms with Crippen molar-refractivity contribution in [3.63, 3.8) is 0 Å². The molecule has 7 nitrogen and oxygen atoms in total. The smallest absolute Gasteiger partial charge is 0.255 e. The molecule has 3 aliphatic heterocycles. The molecule has 134 valence electrons. The Morgan fingerprint density at radius 2 is 1.84 bits per heavy atom. The average Bonchev–Trinajstić information content (AvgIpc) is 2.93. The summed E-state index contributed by atoms with van der Waals surface area (Å²) in [4.78, 5) is 40.2. The molecule has 2 fully saturated rings. The first-order valence-electron chi connectivity index (χ1n) is 8.37. The van der Waals surface area contributed by atoms with Crippen molar-refractivity contribution in [2.24, 2.45) is 0 Å². The van der Waals surface area contributed by atoms with Gasteiger partial charge in [-0.3, -0.25) is 19.7 Å². The molecule has 0 saturated carbocycles. The summed E-state index contributed by atoms with van der Waals surface area (Å²) in [5.41, 5.74) is 2.75. The van der Waals surface area contributed by atoms with Gasteiger partial charge in [0.05, 0.1) is 0 Å². The maximum atomic E-state index is 12.8. The maximum Gasteiger partial charge on any atom is 0.255 e. The Kier molecular flexibility index (Phi) is 4.96. The molecule has 0 aromatic heterocycles. The van der Waals surface area contributed by atoms with E-state index in [1.165, 1.54) is 0 Å². The van der Waals surface area contributed by atoms with Crippen molar-refractivity contribution in [2.45, 2.75) is 25.4 Å². The number of halogens is 1. The number of anilines is 1. The monoisotopic (exact) mass is 364 g/mol. The molecule has 1 atom stereocenters. The van der Waals surface area contributed by atoms with Crippen molar-refractivity contribution >= 4 is 35.8 Å². The highest BCUT2D eigenvalue weighted by atomic mass is 35.5. The quantitative estimate of drug-likeness (QED) is 0.737. The fourth-order valence-electron chi connectivity index (χ4n) is 3.77. The molecule has 3 amide bonds. The highest BCUT2D eigenvalue weighted by Crippen LogP contribution is 2.34. The summed E-state index contributed by atoms with van der Waals surface area (Å²) >= 11 is 0. The molecule has 2 N–H and O–H groups in total. The number of rotatable bonds is 2. The Hall–Kier alpha value is -2.12. The number of hydrogen-bond acceptors (Lipinski definition) is 5. The lowest BCUT2D eigenvalue weighted by Gasteiger charge is -2.31. The van der Waals surface area contributed by atoms with Crippen molar-refractivity contribution in [2.75, 3.05) is 31.1 Å². The number of nitrogens with zero attached hydrogens (tertiary/aromatic N) is 2. The molecule has 0 radical (unpaired) electrons. The summed E-state index contributed by atoms with van der Waals surface area (Å²) < 4.78 is 0. The second kappa shape index (κ2) is 7.01. The molecule has 8 heteroatoms. The van der Waals surface area contributed by atoms with Gasteiger partial charge in [0, 0.05) is 56.0 Å². The lowest BCUT2D eigenvalue weighted by Crippen LogP contribution is -2.52. The molecule has 0 spiro atoms. The summed E-state index contributed by atoms with van der Waals surface area (Å²) in [6, 6.07) is 5.22. The third-order valence-electron chi connectivity index (χ3n) is 5.02. The van der Waals surface area contributed by atoms with Crippen LogP contribution in [0.2, 0.25) is 0 Å². The van der Waals surface area contributed by atoms with E-state index >= 15 is 0 Å². The summed E-state index contributed by atoms with van der Waals surface area (Å²) in [5.74, 6) is -0.741. The van der Waals surface area contributed by atoms with Crippen LogP contribution in [-0.4, -0.2) is 54.8 Å². The Morgan fingerprint density at radius 3 is 2.56 bits per heavy atom. The van der Waals surface area contributed by atoms with Crippen molar-refractivity contribution in [3.8, 4) is 0 Å². The molecule has 0 bridgehead atoms. The van der Waals surface area contributed by atoms with Gasteiger partial charge in [-0.2, -0.15) is 0 Å². The number of fused-ring (bicyclic) bond motifs is 1. The van der Waals surface area contributed by atoms with E-state index in [2.05, 4.69) is 15.5 Å². The second-order valence-electron chi connectivity index (χ2n) is 6.44. The lowest BCUT2D eigenvalue weighted by atomic mass is 10.0. The average molecular weight is 365 g/mol. The first kappa shape index (κ1) is 17.7. The van der Waals surface area contributed by atoms with Crippen LogP contribution in [0.15, 0.2) is 18.2 Å². The molecule has 2 saturated heterocycles. The third kappa shape index (κ3) is 3.09. The molecule has 0 aliphatic carbocycles. The van der Waals surface area contributed by atoms with Crippen LogP contribution in [0.1, 0.15) is 28.8 Å². The number of piperidine rings is 1. The van der Waals surface area contributed by atoms with Gasteiger partial charge < -0.3 is 15.1 Å². The van der Waals surface area contributed by atoms with E-state index in [-0.39, 0.29) is 36.5 Å². The van der Waals surface area contributed by atoms with Crippen LogP contribution in [0, 0.1) is 0 Å². The third-order valence-corrected chi connectivity index (χ3v) is 5.02. The fraction of sp³-hybridized carbons (Fsp3) is 0.471. The fourth-order valence-corrected chi connectivity index (χ4v) is 3.77. The number of carbonyl (C=O) groups excluding carboxylic acids is 3. The predicted octanol–water partition coefficient (Wildman–Crippen LogP) is 0.279. The highest BCUT2D eigenvalue weighted by Gasteiger charge is 2.40. The van der Waals surface area contributed by atoms with Crippen LogP contribution in [-0.2, 0) is 16.1 Å². The van der Waals surface area contributed by atoms with Crippen molar-refractivity contribution < 1.29 is 14.4 Å². The van der Waals surface area contributed by atoms with E-state index < -0.39 is 6.04 Å². The van der Waals surface area contributed by atoms with Crippen molar-refractivity contribution in [3.05, 3.63) is 29.3 Å². The van der Waals surface area contributed by atoms with E-state index in [0.29, 0.717) is 18.5 Å². The van der Waals surface area contributed by atoms with Gasteiger partial charge in [0.15, 0.2) is 0 Å². The summed E-state index contributed by atoms with van der Waals surface area (Å²) in [6.45, 7) is 4.09. The van der Waals surface area contributed by atoms with E-state index in [0.717, 1.165) is 37.4 Å². The van der Waals surface area contributed by atoms with Gasteiger partial charge in [0.2, 0.25) is 11.8 Å². The summed E-state index contributed by atoms with van der Waals surface area (Å²) in [7, 11) is 0. The molecule has 3 heterocycles. The minimum Gasteiger partial charge on any atom is -0.369 e. The van der Waals surface area contributed by atoms with Gasteiger partial charge in [0.25, 0.3) is 5.91 Å². The Morgan fingerprint density at radius 1 is 1.08 bits per heavy atom. The molecule has 25 heavy (non-hydrogen) atoms. The van der Waals surface area contributed by atoms with Crippen molar-refractivity contribution in [1.82, 2.24) is 15.5 Å². The van der Waals surface area contributed by atoms with E-state index in [9.17, 15) is 14.4 Å². The molecule has 1 aromatic rings. The van der Waals surface area contributed by atoms with Gasteiger partial charge >= 0.3 is 0 Å². The number of hydrogen-bond donors (Lipinski definition) is 2. The zero-order valence-electron chi connectivity index (χ0n) is 13.8. The SMILES string of the molecule is Cl.O=C1CCC(N2Cc3c(cccc3N3CCNCC3)C2=O)C(=O)N1. The lowest BCUT2D eigenvalue weighted by molar-refractivity contribution is -0.136. The van der Waals surface area contributed by atoms with Crippen LogP contribution in [0.4, 0.5) is 5.69 Å². The number of carbonyl (C=O) groups is 3. The van der Waals surface area contributed by atoms with Gasteiger partial charge in [-0.1, -0.05) is 6.07 Å². The highest BCUT2D eigenvalue weighted by molar-refractivity contribution is 6.06. The van der Waals surface area contributed by atoms with Crippen LogP contribution < -0.4 is 15.5 Å². The minimum absolute atomic E-state index is 0. The number of imide groups is 1. The predicted molar refractivity (Wildman–Crippen MR) is 94.8 cm³/mol. The first-order chi connectivity index (χ1) is 11.6. The van der Waals surface area contributed by atoms with Crippen LogP contribution in [0.3, 0.4) is 0 Å². The van der Waals surface area contributed by atoms with E-state index in [1.807, 2.05) is 18.2 Å². The van der Waals surface area contributed by atoms with E-state index in [4.69, 9.17) is 0 Å². The summed E-state index contributed by atoms with van der Waals surface area (Å²) in [6.07, 6.45) is 0.675. The Balaban J connectivity index is 0.00000182. The van der Waals surface area contributed by atoms with Crippen LogP contribution in [0.5, 0.6) is 0 Å². The molecule has 3 aliphatic rings. The number of nitrogens with one attached hydrogen (secondary N) is 2. The normalized spacial score (nSPS) is 23.2. The van der Waals surface area contributed by atoms with Crippen LogP contribution >= 0.6 is 12.4 Å². The zero-order chi connectivity index (χ0) is 16.7. The van der Waals surface area contributed by atoms with Gasteiger partial charge in [-0.05, 0) is 18.6 Å². The largest absolute Gasteiger partial charge is 0.369 e. The van der Waals surface area contributed by atoms with Gasteiger partial charge in [0.1, 0.15) is 6.04 Å². The molecular formula is C17H21ClN4O3. The molecular weight excluding hydrogens is 344 g/mol. The molecule has 4 rings (SSSR count). The Labute approximate surface area is 152 Å². The molecule has 1 unspecified atom stereocenters. The molecule has 1 aromatic carbocycles. The first-order valence-corrected chi connectivity index (χ1v) is 8.37. The number of amides is 3. The maximum absolute atomic E-state index is 12.8. The topological polar surface area (TPSA) is 81.8 Å². The Bertz CT molecular complexity index is 718. The van der Waals surface area contributed by atoms with Gasteiger partial charge in [-0.25, -0.2) is 0 Å². The van der Waals surface area contributed by atoms with E-state index in [1.54, 1.807) is 4.90 Å². The zero-order valence-corrected chi connectivity index (χ0v) is 14.6. The van der Waals surface area contributed by atoms with Crippen molar-refractivity contribution in [1.29, 1.82) is 0 Å². The van der Waals surface area contributed by atoms with Crippen LogP contribution in [0.25, 0.3) is 0 Å². The second-order valence-corrected chi connectivity index (χ2v) is 6.44. The standard InChI is InChI=1S/C17H20N4O3.ClH/c22-15-5-4-14(16(23)19-15)21-10-12-11(17(21)24)2-1-3-13(12)20-8-6-18-7-9-20;/h1-3,14,18H,4-10H2,(H,19,22,23);1H. The minimum atomic E-state index is -0.557. The summed E-state index contributed by atoms with van der Waals surface area (Å²) in [5, 5.41) is 5.67.